The zero-order valence-corrected chi connectivity index (χ0v) is 27.2. The third kappa shape index (κ3) is 7.13. The van der Waals surface area contributed by atoms with Crippen LogP contribution in [0.2, 0.25) is 0 Å². The molecular weight excluding hydrogens is 600 g/mol. The van der Waals surface area contributed by atoms with E-state index in [0.29, 0.717) is 47.7 Å². The van der Waals surface area contributed by atoms with Crippen LogP contribution < -0.4 is 9.47 Å². The molecule has 0 saturated carbocycles. The minimum Gasteiger partial charge on any atom is -0.496 e. The number of benzene rings is 4. The fraction of sp³-hybridized carbons (Fsp3) is 0.200. The van der Waals surface area contributed by atoms with E-state index in [2.05, 4.69) is 0 Å². The summed E-state index contributed by atoms with van der Waals surface area (Å²) in [6.45, 7) is 1.03. The largest absolute Gasteiger partial charge is 0.496 e. The van der Waals surface area contributed by atoms with Gasteiger partial charge in [0.25, 0.3) is 11.8 Å². The number of para-hydroxylation sites is 2. The molecule has 48 heavy (non-hydrogen) atoms. The highest BCUT2D eigenvalue weighted by atomic mass is 16.5. The van der Waals surface area contributed by atoms with Crippen LogP contribution in [0.25, 0.3) is 12.2 Å². The Morgan fingerprint density at radius 1 is 0.521 bits per heavy atom. The summed E-state index contributed by atoms with van der Waals surface area (Å²) in [5.41, 5.74) is 4.19. The van der Waals surface area contributed by atoms with Gasteiger partial charge < -0.3 is 9.47 Å². The Morgan fingerprint density at radius 2 is 0.896 bits per heavy atom. The molecule has 0 aliphatic carbocycles. The molecule has 4 aromatic rings. The van der Waals surface area contributed by atoms with Gasteiger partial charge in [0.15, 0.2) is 0 Å². The average Bonchev–Trinajstić information content (AvgIpc) is 3.61. The zero-order valence-electron chi connectivity index (χ0n) is 27.2. The highest BCUT2D eigenvalue weighted by Crippen LogP contribution is 2.29. The van der Waals surface area contributed by atoms with Crippen LogP contribution >= 0.6 is 0 Å². The first-order chi connectivity index (χ1) is 23.6. The van der Waals surface area contributed by atoms with Gasteiger partial charge in [-0.25, -0.2) is 9.98 Å². The van der Waals surface area contributed by atoms with E-state index >= 15 is 0 Å². The van der Waals surface area contributed by atoms with Gasteiger partial charge in [0.1, 0.15) is 34.6 Å². The molecule has 2 aliphatic rings. The number of ether oxygens (including phenoxy) is 2. The van der Waals surface area contributed by atoms with Gasteiger partial charge in [-0.15, -0.1) is 0 Å². The van der Waals surface area contributed by atoms with E-state index < -0.39 is 0 Å². The van der Waals surface area contributed by atoms with Gasteiger partial charge in [0.05, 0.1) is 25.3 Å². The molecule has 0 bridgehead atoms. The van der Waals surface area contributed by atoms with Gasteiger partial charge in [0, 0.05) is 13.1 Å². The van der Waals surface area contributed by atoms with Crippen LogP contribution in [0.1, 0.15) is 47.9 Å². The maximum atomic E-state index is 13.6. The number of carbonyl (C=O) groups excluding carboxylic acids is 2. The number of nitrogens with zero attached hydrogens (tertiary/aromatic N) is 4. The third-order valence-corrected chi connectivity index (χ3v) is 8.31. The lowest BCUT2D eigenvalue weighted by Crippen LogP contribution is -2.34. The number of carbonyl (C=O) groups is 2. The summed E-state index contributed by atoms with van der Waals surface area (Å²) in [7, 11) is 3.24. The SMILES string of the molecule is COc1ccccc1C1=NC(=Cc2ccccc2)C(=O)N1CCCCCCN1C(=O)C(=Cc2ccccc2)N=C1c1ccccc1OC. The number of rotatable bonds is 13. The van der Waals surface area contributed by atoms with Crippen LogP contribution in [0, 0.1) is 0 Å². The number of amidine groups is 2. The van der Waals surface area contributed by atoms with Gasteiger partial charge in [-0.1, -0.05) is 97.8 Å². The Morgan fingerprint density at radius 3 is 1.29 bits per heavy atom. The van der Waals surface area contributed by atoms with E-state index in [-0.39, 0.29) is 11.8 Å². The van der Waals surface area contributed by atoms with E-state index in [1.807, 2.05) is 121 Å². The van der Waals surface area contributed by atoms with Gasteiger partial charge in [-0.3, -0.25) is 19.4 Å². The molecule has 8 heteroatoms. The van der Waals surface area contributed by atoms with Crippen molar-refractivity contribution in [3.8, 4) is 11.5 Å². The fourth-order valence-corrected chi connectivity index (χ4v) is 5.89. The summed E-state index contributed by atoms with van der Waals surface area (Å²) < 4.78 is 11.2. The lowest BCUT2D eigenvalue weighted by molar-refractivity contribution is -0.123. The minimum atomic E-state index is -0.127. The van der Waals surface area contributed by atoms with Crippen molar-refractivity contribution < 1.29 is 19.1 Å². The summed E-state index contributed by atoms with van der Waals surface area (Å²) in [5.74, 6) is 2.27. The molecule has 8 nitrogen and oxygen atoms in total. The average molecular weight is 639 g/mol. The van der Waals surface area contributed by atoms with Gasteiger partial charge in [-0.05, 0) is 60.4 Å². The summed E-state index contributed by atoms with van der Waals surface area (Å²) in [6.07, 6.45) is 6.95. The molecule has 0 radical (unpaired) electrons. The van der Waals surface area contributed by atoms with Crippen LogP contribution in [0.4, 0.5) is 0 Å². The number of hydrogen-bond donors (Lipinski definition) is 0. The lowest BCUT2D eigenvalue weighted by atomic mass is 10.1. The van der Waals surface area contributed by atoms with Crippen molar-refractivity contribution in [1.29, 1.82) is 0 Å². The summed E-state index contributed by atoms with van der Waals surface area (Å²) in [5, 5.41) is 0. The Balaban J connectivity index is 1.12. The predicted octanol–water partition coefficient (Wildman–Crippen LogP) is 7.22. The zero-order chi connectivity index (χ0) is 33.3. The summed E-state index contributed by atoms with van der Waals surface area (Å²) >= 11 is 0. The standard InChI is InChI=1S/C40H38N4O4/c1-47-35-23-13-11-21-31(35)37-41-33(27-29-17-7-5-8-18-29)39(45)43(37)25-15-3-4-16-26-44-38(32-22-12-14-24-36(32)48-2)42-34(40(44)46)28-30-19-9-6-10-20-30/h5-14,17-24,27-28H,3-4,15-16,25-26H2,1-2H3. The first-order valence-electron chi connectivity index (χ1n) is 16.2. The molecule has 0 aromatic heterocycles. The molecule has 2 heterocycles. The Kier molecular flexibility index (Phi) is 10.2. The van der Waals surface area contributed by atoms with E-state index in [1.54, 1.807) is 24.0 Å². The van der Waals surface area contributed by atoms with Crippen molar-refractivity contribution in [2.45, 2.75) is 25.7 Å². The van der Waals surface area contributed by atoms with Crippen molar-refractivity contribution in [3.63, 3.8) is 0 Å². The van der Waals surface area contributed by atoms with Crippen molar-refractivity contribution in [3.05, 3.63) is 143 Å². The summed E-state index contributed by atoms with van der Waals surface area (Å²) in [6, 6.07) is 34.7. The molecule has 0 fully saturated rings. The van der Waals surface area contributed by atoms with E-state index in [1.165, 1.54) is 0 Å². The van der Waals surface area contributed by atoms with Crippen molar-refractivity contribution in [2.24, 2.45) is 9.98 Å². The molecule has 0 spiro atoms. The molecule has 2 aliphatic heterocycles. The first kappa shape index (κ1) is 32.2. The quantitative estimate of drug-likeness (QED) is 0.114. The van der Waals surface area contributed by atoms with Gasteiger partial charge >= 0.3 is 0 Å². The maximum absolute atomic E-state index is 13.6. The third-order valence-electron chi connectivity index (χ3n) is 8.31. The molecule has 4 aromatic carbocycles. The Labute approximate surface area is 281 Å². The molecule has 6 rings (SSSR count). The number of methoxy groups -OCH3 is 2. The summed E-state index contributed by atoms with van der Waals surface area (Å²) in [4.78, 5) is 40.4. The molecule has 242 valence electrons. The van der Waals surface area contributed by atoms with E-state index in [0.717, 1.165) is 47.9 Å². The van der Waals surface area contributed by atoms with Crippen molar-refractivity contribution in [1.82, 2.24) is 9.80 Å². The molecule has 0 atom stereocenters. The highest BCUT2D eigenvalue weighted by Gasteiger charge is 2.33. The second-order valence-electron chi connectivity index (χ2n) is 11.5. The molecule has 0 N–H and O–H groups in total. The topological polar surface area (TPSA) is 83.8 Å². The monoisotopic (exact) mass is 638 g/mol. The van der Waals surface area contributed by atoms with E-state index in [9.17, 15) is 9.59 Å². The number of unbranched alkanes of at least 4 members (excludes halogenated alkanes) is 3. The molecular formula is C40H38N4O4. The molecule has 2 amide bonds. The normalized spacial score (nSPS) is 16.1. The Hall–Kier alpha value is -5.76. The smallest absolute Gasteiger partial charge is 0.278 e. The minimum absolute atomic E-state index is 0.127. The lowest BCUT2D eigenvalue weighted by Gasteiger charge is -2.21. The van der Waals surface area contributed by atoms with Crippen molar-refractivity contribution >= 4 is 35.6 Å². The number of amides is 2. The van der Waals surface area contributed by atoms with Crippen LogP contribution in [0.3, 0.4) is 0 Å². The van der Waals surface area contributed by atoms with E-state index in [4.69, 9.17) is 19.5 Å². The van der Waals surface area contributed by atoms with Crippen LogP contribution in [0.15, 0.2) is 131 Å². The fourth-order valence-electron chi connectivity index (χ4n) is 5.89. The molecule has 0 unspecified atom stereocenters. The second kappa shape index (κ2) is 15.2. The number of aliphatic imine (C=N–C) groups is 2. The van der Waals surface area contributed by atoms with Crippen LogP contribution in [0.5, 0.6) is 11.5 Å². The highest BCUT2D eigenvalue weighted by molar-refractivity contribution is 6.21. The van der Waals surface area contributed by atoms with Crippen LogP contribution in [-0.2, 0) is 9.59 Å². The maximum Gasteiger partial charge on any atom is 0.278 e. The van der Waals surface area contributed by atoms with Crippen molar-refractivity contribution in [2.75, 3.05) is 27.3 Å². The Bertz CT molecular complexity index is 1760. The second-order valence-corrected chi connectivity index (χ2v) is 11.5. The van der Waals surface area contributed by atoms with Gasteiger partial charge in [0.2, 0.25) is 0 Å². The van der Waals surface area contributed by atoms with Crippen LogP contribution in [-0.4, -0.2) is 60.6 Å². The first-order valence-corrected chi connectivity index (χ1v) is 16.2. The molecule has 0 saturated heterocycles. The number of hydrogen-bond acceptors (Lipinski definition) is 6. The van der Waals surface area contributed by atoms with Gasteiger partial charge in [-0.2, -0.15) is 0 Å². The predicted molar refractivity (Wildman–Crippen MR) is 190 cm³/mol.